The second-order valence-electron chi connectivity index (χ2n) is 7.79. The second-order valence-corrected chi connectivity index (χ2v) is 9.30. The van der Waals surface area contributed by atoms with Crippen molar-refractivity contribution in [3.05, 3.63) is 89.7 Å². The maximum atomic E-state index is 13.5. The zero-order valence-electron chi connectivity index (χ0n) is 17.8. The third-order valence-electron chi connectivity index (χ3n) is 5.62. The Bertz CT molecular complexity index is 1220. The van der Waals surface area contributed by atoms with Crippen molar-refractivity contribution >= 4 is 29.3 Å². The fourth-order valence-electron chi connectivity index (χ4n) is 3.95. The van der Waals surface area contributed by atoms with Crippen molar-refractivity contribution in [2.24, 2.45) is 0 Å². The van der Waals surface area contributed by atoms with Crippen molar-refractivity contribution in [1.82, 2.24) is 24.6 Å². The maximum Gasteiger partial charge on any atom is 0.240 e. The van der Waals surface area contributed by atoms with Crippen LogP contribution in [-0.4, -0.2) is 43.6 Å². The Morgan fingerprint density at radius 3 is 2.30 bits per heavy atom. The van der Waals surface area contributed by atoms with E-state index in [4.69, 9.17) is 11.6 Å². The van der Waals surface area contributed by atoms with Crippen LogP contribution in [0.25, 0.3) is 17.1 Å². The molecule has 0 radical (unpaired) electrons. The molecule has 1 aliphatic heterocycles. The van der Waals surface area contributed by atoms with Gasteiger partial charge in [-0.3, -0.25) is 14.3 Å². The predicted molar refractivity (Wildman–Crippen MR) is 130 cm³/mol. The summed E-state index contributed by atoms with van der Waals surface area (Å²) < 4.78 is 1.98. The lowest BCUT2D eigenvalue weighted by Crippen LogP contribution is -2.31. The zero-order chi connectivity index (χ0) is 22.6. The lowest BCUT2D eigenvalue weighted by atomic mass is 10.1. The first-order valence-corrected chi connectivity index (χ1v) is 12.1. The minimum atomic E-state index is -0.412. The van der Waals surface area contributed by atoms with Crippen LogP contribution in [0.1, 0.15) is 23.7 Å². The summed E-state index contributed by atoms with van der Waals surface area (Å²) in [5, 5.41) is 9.90. The lowest BCUT2D eigenvalue weighted by molar-refractivity contribution is -0.129. The average molecular weight is 476 g/mol. The Labute approximate surface area is 201 Å². The molecule has 0 aliphatic carbocycles. The van der Waals surface area contributed by atoms with Crippen molar-refractivity contribution in [2.45, 2.75) is 23.2 Å². The summed E-state index contributed by atoms with van der Waals surface area (Å²) in [4.78, 5) is 19.6. The van der Waals surface area contributed by atoms with Crippen LogP contribution in [0, 0.1) is 0 Å². The summed E-state index contributed by atoms with van der Waals surface area (Å²) >= 11 is 7.57. The summed E-state index contributed by atoms with van der Waals surface area (Å²) in [5.41, 5.74) is 2.72. The number of hydrogen-bond donors (Lipinski definition) is 0. The number of pyridine rings is 1. The van der Waals surface area contributed by atoms with Crippen LogP contribution < -0.4 is 0 Å². The van der Waals surface area contributed by atoms with E-state index >= 15 is 0 Å². The standard InChI is InChI=1S/C25H22ClN5OS/c26-20-8-10-21(11-9-20)31-23(19-12-14-27-15-13-19)28-29-25(31)33-22(18-6-2-1-3-7-18)24(32)30-16-4-5-17-30/h1-3,6-15,22H,4-5,16-17H2/t22-/m0/s1. The van der Waals surface area contributed by atoms with Gasteiger partial charge in [0.05, 0.1) is 0 Å². The zero-order valence-corrected chi connectivity index (χ0v) is 19.4. The first-order valence-electron chi connectivity index (χ1n) is 10.8. The average Bonchev–Trinajstić information content (AvgIpc) is 3.54. The number of carbonyl (C=O) groups excluding carboxylic acids is 1. The van der Waals surface area contributed by atoms with Gasteiger partial charge in [-0.15, -0.1) is 10.2 Å². The molecule has 1 atom stereocenters. The van der Waals surface area contributed by atoms with E-state index < -0.39 is 5.25 Å². The minimum Gasteiger partial charge on any atom is -0.341 e. The number of likely N-dealkylation sites (tertiary alicyclic amines) is 1. The number of carbonyl (C=O) groups is 1. The van der Waals surface area contributed by atoms with Crippen molar-refractivity contribution in [2.75, 3.05) is 13.1 Å². The van der Waals surface area contributed by atoms with Crippen LogP contribution in [-0.2, 0) is 4.79 Å². The largest absolute Gasteiger partial charge is 0.341 e. The van der Waals surface area contributed by atoms with Gasteiger partial charge in [-0.25, -0.2) is 0 Å². The molecule has 1 amide bonds. The van der Waals surface area contributed by atoms with Gasteiger partial charge < -0.3 is 4.90 Å². The quantitative estimate of drug-likeness (QED) is 0.347. The molecule has 0 N–H and O–H groups in total. The van der Waals surface area contributed by atoms with Gasteiger partial charge in [0.2, 0.25) is 5.91 Å². The number of halogens is 1. The summed E-state index contributed by atoms with van der Waals surface area (Å²) in [6, 6.07) is 21.2. The topological polar surface area (TPSA) is 63.9 Å². The van der Waals surface area contributed by atoms with Gasteiger partial charge in [0.25, 0.3) is 0 Å². The third kappa shape index (κ3) is 4.65. The smallest absolute Gasteiger partial charge is 0.240 e. The highest BCUT2D eigenvalue weighted by atomic mass is 35.5. The second kappa shape index (κ2) is 9.77. The van der Waals surface area contributed by atoms with Gasteiger partial charge in [0, 0.05) is 41.8 Å². The lowest BCUT2D eigenvalue weighted by Gasteiger charge is -2.23. The molecule has 1 aliphatic rings. The van der Waals surface area contributed by atoms with Crippen LogP contribution in [0.5, 0.6) is 0 Å². The van der Waals surface area contributed by atoms with E-state index in [9.17, 15) is 4.79 Å². The first-order chi connectivity index (χ1) is 16.2. The van der Waals surface area contributed by atoms with Gasteiger partial charge in [-0.1, -0.05) is 53.7 Å². The Morgan fingerprint density at radius 2 is 1.61 bits per heavy atom. The Hall–Kier alpha value is -3.16. The highest BCUT2D eigenvalue weighted by molar-refractivity contribution is 8.00. The number of hydrogen-bond acceptors (Lipinski definition) is 5. The van der Waals surface area contributed by atoms with Gasteiger partial charge in [-0.2, -0.15) is 0 Å². The number of thioether (sulfide) groups is 1. The third-order valence-corrected chi connectivity index (χ3v) is 7.06. The van der Waals surface area contributed by atoms with Gasteiger partial charge >= 0.3 is 0 Å². The number of nitrogens with zero attached hydrogens (tertiary/aromatic N) is 5. The molecule has 1 saturated heterocycles. The first kappa shape index (κ1) is 21.7. The summed E-state index contributed by atoms with van der Waals surface area (Å²) in [6.07, 6.45) is 5.55. The maximum absolute atomic E-state index is 13.5. The molecule has 6 nitrogen and oxygen atoms in total. The Kier molecular flexibility index (Phi) is 6.41. The summed E-state index contributed by atoms with van der Waals surface area (Å²) in [7, 11) is 0. The molecule has 3 heterocycles. The summed E-state index contributed by atoms with van der Waals surface area (Å²) in [5.74, 6) is 0.794. The Balaban J connectivity index is 1.59. The van der Waals surface area contributed by atoms with E-state index in [0.29, 0.717) is 16.0 Å². The highest BCUT2D eigenvalue weighted by Gasteiger charge is 2.31. The molecule has 5 rings (SSSR count). The molecule has 4 aromatic rings. The number of aromatic nitrogens is 4. The van der Waals surface area contributed by atoms with Crippen LogP contribution in [0.3, 0.4) is 0 Å². The molecule has 166 valence electrons. The molecule has 33 heavy (non-hydrogen) atoms. The van der Waals surface area contributed by atoms with Crippen LogP contribution in [0.4, 0.5) is 0 Å². The predicted octanol–water partition coefficient (Wildman–Crippen LogP) is 5.44. The van der Waals surface area contributed by atoms with E-state index in [1.807, 2.05) is 76.2 Å². The minimum absolute atomic E-state index is 0.111. The SMILES string of the molecule is O=C([C@@H](Sc1nnc(-c2ccncc2)n1-c1ccc(Cl)cc1)c1ccccc1)N1CCCC1. The van der Waals surface area contributed by atoms with E-state index in [0.717, 1.165) is 42.7 Å². The molecule has 2 aromatic carbocycles. The Morgan fingerprint density at radius 1 is 0.909 bits per heavy atom. The fraction of sp³-hybridized carbons (Fsp3) is 0.200. The molecule has 0 bridgehead atoms. The monoisotopic (exact) mass is 475 g/mol. The normalized spacial score (nSPS) is 14.4. The van der Waals surface area contributed by atoms with Crippen LogP contribution >= 0.6 is 23.4 Å². The molecule has 8 heteroatoms. The van der Waals surface area contributed by atoms with Crippen molar-refractivity contribution < 1.29 is 4.79 Å². The number of amides is 1. The van der Waals surface area contributed by atoms with E-state index in [1.165, 1.54) is 11.8 Å². The summed E-state index contributed by atoms with van der Waals surface area (Å²) in [6.45, 7) is 1.60. The molecular weight excluding hydrogens is 454 g/mol. The molecule has 0 unspecified atom stereocenters. The van der Waals surface area contributed by atoms with Crippen molar-refractivity contribution in [1.29, 1.82) is 0 Å². The van der Waals surface area contributed by atoms with E-state index in [2.05, 4.69) is 15.2 Å². The molecule has 0 saturated carbocycles. The van der Waals surface area contributed by atoms with Gasteiger partial charge in [-0.05, 0) is 54.8 Å². The van der Waals surface area contributed by atoms with Crippen LogP contribution in [0.15, 0.2) is 84.3 Å². The number of benzene rings is 2. The van der Waals surface area contributed by atoms with Gasteiger partial charge in [0.15, 0.2) is 11.0 Å². The van der Waals surface area contributed by atoms with E-state index in [-0.39, 0.29) is 5.91 Å². The highest BCUT2D eigenvalue weighted by Crippen LogP contribution is 2.39. The fourth-order valence-corrected chi connectivity index (χ4v) is 5.22. The van der Waals surface area contributed by atoms with Crippen molar-refractivity contribution in [3.8, 4) is 17.1 Å². The molecular formula is C25H22ClN5OS. The molecule has 0 spiro atoms. The molecule has 2 aromatic heterocycles. The number of rotatable bonds is 6. The van der Waals surface area contributed by atoms with Crippen molar-refractivity contribution in [3.63, 3.8) is 0 Å². The van der Waals surface area contributed by atoms with Gasteiger partial charge in [0.1, 0.15) is 5.25 Å². The van der Waals surface area contributed by atoms with E-state index in [1.54, 1.807) is 12.4 Å². The molecule has 1 fully saturated rings. The van der Waals surface area contributed by atoms with Crippen LogP contribution in [0.2, 0.25) is 5.02 Å².